The molecule has 3 unspecified atom stereocenters. The van der Waals surface area contributed by atoms with Crippen LogP contribution in [0.4, 0.5) is 0 Å². The lowest BCUT2D eigenvalue weighted by Crippen LogP contribution is -2.56. The Morgan fingerprint density at radius 1 is 1.33 bits per heavy atom. The molecule has 3 atom stereocenters. The van der Waals surface area contributed by atoms with Crippen molar-refractivity contribution in [1.82, 2.24) is 4.90 Å². The van der Waals surface area contributed by atoms with Crippen LogP contribution in [-0.2, 0) is 4.74 Å². The van der Waals surface area contributed by atoms with Crippen molar-refractivity contribution < 1.29 is 4.74 Å². The minimum Gasteiger partial charge on any atom is -0.381 e. The number of hydrogen-bond acceptors (Lipinski definition) is 3. The molecular weight excluding hydrogens is 224 g/mol. The first-order valence-corrected chi connectivity index (χ1v) is 7.72. The number of nitrogens with zero attached hydrogens (tertiary/aromatic N) is 1. The zero-order chi connectivity index (χ0) is 13.0. The van der Waals surface area contributed by atoms with E-state index in [-0.39, 0.29) is 5.54 Å². The first-order chi connectivity index (χ1) is 8.73. The summed E-state index contributed by atoms with van der Waals surface area (Å²) in [5.74, 6) is 1.50. The Bertz CT molecular complexity index is 253. The van der Waals surface area contributed by atoms with Crippen LogP contribution in [0, 0.1) is 11.8 Å². The average molecular weight is 254 g/mol. The fraction of sp³-hybridized carbons (Fsp3) is 1.00. The van der Waals surface area contributed by atoms with E-state index in [2.05, 4.69) is 18.9 Å². The second-order valence-electron chi connectivity index (χ2n) is 6.27. The van der Waals surface area contributed by atoms with Gasteiger partial charge in [-0.1, -0.05) is 19.8 Å². The maximum atomic E-state index is 6.17. The van der Waals surface area contributed by atoms with Gasteiger partial charge in [0.2, 0.25) is 0 Å². The molecule has 1 saturated heterocycles. The predicted molar refractivity (Wildman–Crippen MR) is 75.6 cm³/mol. The molecule has 2 N–H and O–H groups in total. The minimum absolute atomic E-state index is 0.270. The lowest BCUT2D eigenvalue weighted by Gasteiger charge is -2.44. The molecule has 106 valence electrons. The van der Waals surface area contributed by atoms with Crippen molar-refractivity contribution >= 4 is 0 Å². The molecule has 1 heterocycles. The van der Waals surface area contributed by atoms with Gasteiger partial charge < -0.3 is 10.5 Å². The van der Waals surface area contributed by atoms with Gasteiger partial charge in [-0.05, 0) is 44.6 Å². The van der Waals surface area contributed by atoms with E-state index in [1.807, 2.05) is 0 Å². The van der Waals surface area contributed by atoms with Gasteiger partial charge >= 0.3 is 0 Å². The molecule has 0 radical (unpaired) electrons. The van der Waals surface area contributed by atoms with E-state index in [9.17, 15) is 0 Å². The summed E-state index contributed by atoms with van der Waals surface area (Å²) in [5.41, 5.74) is 6.44. The smallest absolute Gasteiger partial charge is 0.0506 e. The van der Waals surface area contributed by atoms with E-state index < -0.39 is 0 Å². The highest BCUT2D eigenvalue weighted by molar-refractivity contribution is 5.00. The van der Waals surface area contributed by atoms with Crippen LogP contribution in [0.25, 0.3) is 0 Å². The molecule has 2 rings (SSSR count). The zero-order valence-electron chi connectivity index (χ0n) is 12.2. The van der Waals surface area contributed by atoms with E-state index in [1.165, 1.54) is 38.5 Å². The van der Waals surface area contributed by atoms with Crippen LogP contribution in [0.1, 0.15) is 45.4 Å². The quantitative estimate of drug-likeness (QED) is 0.818. The summed E-state index contributed by atoms with van der Waals surface area (Å²) >= 11 is 0. The molecule has 2 fully saturated rings. The maximum Gasteiger partial charge on any atom is 0.0506 e. The second-order valence-corrected chi connectivity index (χ2v) is 6.27. The number of likely N-dealkylation sites (N-methyl/N-ethyl adjacent to an activating group) is 1. The molecular formula is C15H30N2O. The Kier molecular flexibility index (Phi) is 5.05. The monoisotopic (exact) mass is 254 g/mol. The van der Waals surface area contributed by atoms with Gasteiger partial charge in [-0.3, -0.25) is 4.90 Å². The normalized spacial score (nSPS) is 37.3. The zero-order valence-corrected chi connectivity index (χ0v) is 12.2. The molecule has 3 nitrogen and oxygen atoms in total. The number of rotatable bonds is 5. The van der Waals surface area contributed by atoms with E-state index in [0.29, 0.717) is 5.92 Å². The van der Waals surface area contributed by atoms with Crippen LogP contribution >= 0.6 is 0 Å². The predicted octanol–water partition coefficient (Wildman–Crippen LogP) is 2.25. The lowest BCUT2D eigenvalue weighted by molar-refractivity contribution is 0.00928. The van der Waals surface area contributed by atoms with Gasteiger partial charge in [0.1, 0.15) is 0 Å². The van der Waals surface area contributed by atoms with Crippen LogP contribution in [-0.4, -0.2) is 43.8 Å². The molecule has 0 aromatic rings. The van der Waals surface area contributed by atoms with Crippen molar-refractivity contribution in [2.45, 2.75) is 51.0 Å². The third-order valence-corrected chi connectivity index (χ3v) is 5.32. The highest BCUT2D eigenvalue weighted by atomic mass is 16.5. The minimum atomic E-state index is 0.270. The van der Waals surface area contributed by atoms with Crippen LogP contribution in [0.2, 0.25) is 0 Å². The maximum absolute atomic E-state index is 6.17. The van der Waals surface area contributed by atoms with Crippen LogP contribution in [0.15, 0.2) is 0 Å². The van der Waals surface area contributed by atoms with Gasteiger partial charge in [0, 0.05) is 25.2 Å². The van der Waals surface area contributed by atoms with Gasteiger partial charge in [0.25, 0.3) is 0 Å². The van der Waals surface area contributed by atoms with Gasteiger partial charge in [-0.15, -0.1) is 0 Å². The Balaban J connectivity index is 1.97. The molecule has 0 aromatic carbocycles. The molecule has 0 bridgehead atoms. The van der Waals surface area contributed by atoms with Gasteiger partial charge in [-0.25, -0.2) is 0 Å². The van der Waals surface area contributed by atoms with Crippen molar-refractivity contribution in [3.05, 3.63) is 0 Å². The summed E-state index contributed by atoms with van der Waals surface area (Å²) in [5, 5.41) is 0. The Morgan fingerprint density at radius 2 is 2.17 bits per heavy atom. The standard InChI is InChI=1S/C15H30N2O/c1-3-14-7-4-8-15(14,12-16)17(2)10-13-6-5-9-18-11-13/h13-14H,3-12,16H2,1-2H3. The third kappa shape index (κ3) is 2.73. The average Bonchev–Trinajstić information content (AvgIpc) is 2.84. The molecule has 2 aliphatic rings. The number of nitrogens with two attached hydrogens (primary N) is 1. The third-order valence-electron chi connectivity index (χ3n) is 5.32. The topological polar surface area (TPSA) is 38.5 Å². The van der Waals surface area contributed by atoms with Crippen molar-refractivity contribution in [3.63, 3.8) is 0 Å². The van der Waals surface area contributed by atoms with Gasteiger partial charge in [0.05, 0.1) is 6.61 Å². The van der Waals surface area contributed by atoms with Crippen LogP contribution in [0.5, 0.6) is 0 Å². The molecule has 1 saturated carbocycles. The van der Waals surface area contributed by atoms with Crippen LogP contribution in [0.3, 0.4) is 0 Å². The summed E-state index contributed by atoms with van der Waals surface area (Å²) < 4.78 is 5.61. The van der Waals surface area contributed by atoms with Crippen molar-refractivity contribution in [2.24, 2.45) is 17.6 Å². The van der Waals surface area contributed by atoms with E-state index in [1.54, 1.807) is 0 Å². The molecule has 18 heavy (non-hydrogen) atoms. The Labute approximate surface area is 112 Å². The van der Waals surface area contributed by atoms with E-state index in [4.69, 9.17) is 10.5 Å². The molecule has 1 aliphatic heterocycles. The molecule has 3 heteroatoms. The summed E-state index contributed by atoms with van der Waals surface area (Å²) in [7, 11) is 2.29. The van der Waals surface area contributed by atoms with E-state index >= 15 is 0 Å². The largest absolute Gasteiger partial charge is 0.381 e. The molecule has 0 spiro atoms. The second kappa shape index (κ2) is 6.36. The number of ether oxygens (including phenoxy) is 1. The summed E-state index contributed by atoms with van der Waals surface area (Å²) in [6, 6.07) is 0. The number of hydrogen-bond donors (Lipinski definition) is 1. The Morgan fingerprint density at radius 3 is 2.78 bits per heavy atom. The van der Waals surface area contributed by atoms with Crippen molar-refractivity contribution in [2.75, 3.05) is 33.4 Å². The van der Waals surface area contributed by atoms with Gasteiger partial charge in [-0.2, -0.15) is 0 Å². The van der Waals surface area contributed by atoms with Gasteiger partial charge in [0.15, 0.2) is 0 Å². The first kappa shape index (κ1) is 14.3. The van der Waals surface area contributed by atoms with Crippen molar-refractivity contribution in [3.8, 4) is 0 Å². The lowest BCUT2D eigenvalue weighted by atomic mass is 9.83. The van der Waals surface area contributed by atoms with E-state index in [0.717, 1.165) is 32.2 Å². The highest BCUT2D eigenvalue weighted by Crippen LogP contribution is 2.41. The summed E-state index contributed by atoms with van der Waals surface area (Å²) in [6.45, 7) is 6.20. The molecule has 0 aromatic heterocycles. The SMILES string of the molecule is CCC1CCCC1(CN)N(C)CC1CCCOC1. The molecule has 1 aliphatic carbocycles. The highest BCUT2D eigenvalue weighted by Gasteiger charge is 2.44. The first-order valence-electron chi connectivity index (χ1n) is 7.72. The summed E-state index contributed by atoms with van der Waals surface area (Å²) in [4.78, 5) is 2.58. The fourth-order valence-corrected chi connectivity index (χ4v) is 4.16. The van der Waals surface area contributed by atoms with Crippen LogP contribution < -0.4 is 5.73 Å². The fourth-order valence-electron chi connectivity index (χ4n) is 4.16. The van der Waals surface area contributed by atoms with Crippen molar-refractivity contribution in [1.29, 1.82) is 0 Å². The molecule has 0 amide bonds. The summed E-state index contributed by atoms with van der Waals surface area (Å²) in [6.07, 6.45) is 7.81. The Hall–Kier alpha value is -0.120.